The van der Waals surface area contributed by atoms with Gasteiger partial charge in [0.2, 0.25) is 0 Å². The number of guanidine groups is 1. The highest BCUT2D eigenvalue weighted by Crippen LogP contribution is 2.16. The van der Waals surface area contributed by atoms with E-state index in [-0.39, 0.29) is 24.0 Å². The minimum absolute atomic E-state index is 0. The van der Waals surface area contributed by atoms with Crippen LogP contribution in [0.2, 0.25) is 0 Å². The highest BCUT2D eigenvalue weighted by Gasteiger charge is 2.04. The molecule has 1 heterocycles. The zero-order valence-corrected chi connectivity index (χ0v) is 18.9. The van der Waals surface area contributed by atoms with Crippen LogP contribution >= 0.6 is 35.3 Å². The third-order valence-corrected chi connectivity index (χ3v) is 5.25. The first kappa shape index (κ1) is 21.9. The second-order valence-corrected chi connectivity index (χ2v) is 7.39. The molecule has 25 heavy (non-hydrogen) atoms. The normalized spacial score (nSPS) is 11.2. The fourth-order valence-electron chi connectivity index (χ4n) is 2.60. The minimum Gasteiger partial charge on any atom is -0.356 e. The van der Waals surface area contributed by atoms with Crippen LogP contribution < -0.4 is 10.6 Å². The molecule has 2 rings (SSSR count). The first-order chi connectivity index (χ1) is 11.5. The van der Waals surface area contributed by atoms with E-state index < -0.39 is 0 Å². The first-order valence-electron chi connectivity index (χ1n) is 8.43. The van der Waals surface area contributed by atoms with Crippen LogP contribution in [0.5, 0.6) is 0 Å². The van der Waals surface area contributed by atoms with E-state index >= 15 is 0 Å². The molecular formula is C19H29IN4S. The smallest absolute Gasteiger partial charge is 0.191 e. The van der Waals surface area contributed by atoms with E-state index in [1.165, 1.54) is 26.6 Å². The average Bonchev–Trinajstić information content (AvgIpc) is 2.86. The number of nitrogens with zero attached hydrogens (tertiary/aromatic N) is 2. The van der Waals surface area contributed by atoms with E-state index in [9.17, 15) is 0 Å². The molecule has 0 bridgehead atoms. The standard InChI is InChI=1S/C19H28N4S.HI/c1-13-6-7-17(14(2)12-13)8-10-21-19(20-5)22-11-9-18-23-15(3)16(4)24-18;/h6-7,12H,8-11H2,1-5H3,(H2,20,21,22);1H. The Morgan fingerprint density at radius 1 is 1.08 bits per heavy atom. The molecule has 0 unspecified atom stereocenters. The van der Waals surface area contributed by atoms with E-state index in [1.54, 1.807) is 11.3 Å². The van der Waals surface area contributed by atoms with Crippen LogP contribution in [-0.4, -0.2) is 31.1 Å². The molecule has 0 aliphatic heterocycles. The Hall–Kier alpha value is -1.15. The van der Waals surface area contributed by atoms with Gasteiger partial charge in [0, 0.05) is 31.4 Å². The number of rotatable bonds is 6. The molecule has 0 saturated heterocycles. The van der Waals surface area contributed by atoms with Gasteiger partial charge in [-0.2, -0.15) is 0 Å². The van der Waals surface area contributed by atoms with Gasteiger partial charge in [0.15, 0.2) is 5.96 Å². The summed E-state index contributed by atoms with van der Waals surface area (Å²) < 4.78 is 0. The highest BCUT2D eigenvalue weighted by molar-refractivity contribution is 14.0. The van der Waals surface area contributed by atoms with Gasteiger partial charge in [-0.15, -0.1) is 35.3 Å². The van der Waals surface area contributed by atoms with Crippen LogP contribution in [0.4, 0.5) is 0 Å². The summed E-state index contributed by atoms with van der Waals surface area (Å²) in [5.41, 5.74) is 5.20. The Kier molecular flexibility index (Phi) is 9.42. The second-order valence-electron chi connectivity index (χ2n) is 6.10. The molecule has 4 nitrogen and oxygen atoms in total. The maximum absolute atomic E-state index is 4.57. The van der Waals surface area contributed by atoms with Crippen LogP contribution in [0.1, 0.15) is 32.3 Å². The molecule has 0 aliphatic carbocycles. The summed E-state index contributed by atoms with van der Waals surface area (Å²) in [7, 11) is 1.81. The fourth-order valence-corrected chi connectivity index (χ4v) is 3.53. The molecular weight excluding hydrogens is 443 g/mol. The number of nitrogens with one attached hydrogen (secondary N) is 2. The molecule has 1 aromatic carbocycles. The van der Waals surface area contributed by atoms with Crippen molar-refractivity contribution in [2.45, 2.75) is 40.5 Å². The predicted octanol–water partition coefficient (Wildman–Crippen LogP) is 3.94. The van der Waals surface area contributed by atoms with E-state index in [4.69, 9.17) is 0 Å². The second kappa shape index (κ2) is 10.8. The third kappa shape index (κ3) is 6.93. The third-order valence-electron chi connectivity index (χ3n) is 4.11. The molecule has 0 fully saturated rings. The number of benzene rings is 1. The van der Waals surface area contributed by atoms with Crippen molar-refractivity contribution in [3.8, 4) is 0 Å². The number of hydrogen-bond acceptors (Lipinski definition) is 3. The number of halogens is 1. The van der Waals surface area contributed by atoms with Gasteiger partial charge in [-0.25, -0.2) is 4.98 Å². The molecule has 2 aromatic rings. The first-order valence-corrected chi connectivity index (χ1v) is 9.25. The summed E-state index contributed by atoms with van der Waals surface area (Å²) in [5.74, 6) is 0.852. The molecule has 6 heteroatoms. The maximum Gasteiger partial charge on any atom is 0.191 e. The molecule has 0 radical (unpaired) electrons. The average molecular weight is 472 g/mol. The van der Waals surface area contributed by atoms with Gasteiger partial charge in [-0.1, -0.05) is 23.8 Å². The van der Waals surface area contributed by atoms with Gasteiger partial charge in [0.05, 0.1) is 10.7 Å². The van der Waals surface area contributed by atoms with Crippen LogP contribution in [0.25, 0.3) is 0 Å². The largest absolute Gasteiger partial charge is 0.356 e. The summed E-state index contributed by atoms with van der Waals surface area (Å²) in [6.45, 7) is 10.2. The van der Waals surface area contributed by atoms with Gasteiger partial charge in [0.1, 0.15) is 0 Å². The molecule has 0 saturated carbocycles. The Labute approximate surface area is 172 Å². The Morgan fingerprint density at radius 2 is 1.76 bits per heavy atom. The number of aliphatic imine (C=N–C) groups is 1. The summed E-state index contributed by atoms with van der Waals surface area (Å²) in [6, 6.07) is 6.63. The molecule has 1 aromatic heterocycles. The molecule has 0 spiro atoms. The van der Waals surface area contributed by atoms with E-state index in [2.05, 4.69) is 66.5 Å². The van der Waals surface area contributed by atoms with Crippen molar-refractivity contribution in [3.63, 3.8) is 0 Å². The van der Waals surface area contributed by atoms with Crippen LogP contribution in [-0.2, 0) is 12.8 Å². The highest BCUT2D eigenvalue weighted by atomic mass is 127. The van der Waals surface area contributed by atoms with Crippen molar-refractivity contribution >= 4 is 41.3 Å². The van der Waals surface area contributed by atoms with Crippen LogP contribution in [0.15, 0.2) is 23.2 Å². The van der Waals surface area contributed by atoms with E-state index in [0.717, 1.165) is 37.6 Å². The van der Waals surface area contributed by atoms with Crippen molar-refractivity contribution in [2.24, 2.45) is 4.99 Å². The number of aryl methyl sites for hydroxylation is 4. The van der Waals surface area contributed by atoms with Gasteiger partial charge < -0.3 is 10.6 Å². The number of thiazole rings is 1. The van der Waals surface area contributed by atoms with E-state index in [1.807, 2.05) is 7.05 Å². The quantitative estimate of drug-likeness (QED) is 0.381. The molecule has 0 aliphatic rings. The van der Waals surface area contributed by atoms with Crippen molar-refractivity contribution < 1.29 is 0 Å². The monoisotopic (exact) mass is 472 g/mol. The SMILES string of the molecule is CN=C(NCCc1nc(C)c(C)s1)NCCc1ccc(C)cc1C.I. The van der Waals surface area contributed by atoms with Gasteiger partial charge in [-0.05, 0) is 45.2 Å². The lowest BCUT2D eigenvalue weighted by Crippen LogP contribution is -2.39. The van der Waals surface area contributed by atoms with Crippen molar-refractivity contribution in [1.29, 1.82) is 0 Å². The van der Waals surface area contributed by atoms with Crippen molar-refractivity contribution in [1.82, 2.24) is 15.6 Å². The summed E-state index contributed by atoms with van der Waals surface area (Å²) >= 11 is 1.78. The maximum atomic E-state index is 4.57. The lowest BCUT2D eigenvalue weighted by atomic mass is 10.0. The molecule has 2 N–H and O–H groups in total. The minimum atomic E-state index is 0. The lowest BCUT2D eigenvalue weighted by molar-refractivity contribution is 0.780. The van der Waals surface area contributed by atoms with Crippen molar-refractivity contribution in [2.75, 3.05) is 20.1 Å². The van der Waals surface area contributed by atoms with Crippen LogP contribution in [0, 0.1) is 27.7 Å². The molecule has 138 valence electrons. The predicted molar refractivity (Wildman–Crippen MR) is 120 cm³/mol. The van der Waals surface area contributed by atoms with Crippen LogP contribution in [0.3, 0.4) is 0 Å². The molecule has 0 atom stereocenters. The van der Waals surface area contributed by atoms with E-state index in [0.29, 0.717) is 0 Å². The zero-order valence-electron chi connectivity index (χ0n) is 15.8. The Balaban J connectivity index is 0.00000312. The zero-order chi connectivity index (χ0) is 17.5. The van der Waals surface area contributed by atoms with Gasteiger partial charge in [-0.3, -0.25) is 4.99 Å². The Morgan fingerprint density at radius 3 is 2.32 bits per heavy atom. The topological polar surface area (TPSA) is 49.3 Å². The summed E-state index contributed by atoms with van der Waals surface area (Å²) in [4.78, 5) is 10.2. The van der Waals surface area contributed by atoms with Gasteiger partial charge in [0.25, 0.3) is 0 Å². The van der Waals surface area contributed by atoms with Gasteiger partial charge >= 0.3 is 0 Å². The number of aromatic nitrogens is 1. The summed E-state index contributed by atoms with van der Waals surface area (Å²) in [6.07, 6.45) is 1.93. The van der Waals surface area contributed by atoms with Crippen molar-refractivity contribution in [3.05, 3.63) is 50.5 Å². The Bertz CT molecular complexity index is 690. The molecule has 0 amide bonds. The summed E-state index contributed by atoms with van der Waals surface area (Å²) in [5, 5.41) is 7.93. The number of hydrogen-bond donors (Lipinski definition) is 2. The lowest BCUT2D eigenvalue weighted by Gasteiger charge is -2.12. The fraction of sp³-hybridized carbons (Fsp3) is 0.474.